The van der Waals surface area contributed by atoms with Gasteiger partial charge in [0.25, 0.3) is 5.91 Å². The number of amides is 1. The molecule has 0 spiro atoms. The Balaban J connectivity index is 1.37. The van der Waals surface area contributed by atoms with E-state index in [1.54, 1.807) is 24.3 Å². The number of methoxy groups -OCH3 is 1. The number of nitrogens with zero attached hydrogens (tertiary/aromatic N) is 3. The summed E-state index contributed by atoms with van der Waals surface area (Å²) in [6.45, 7) is 9.21. The Morgan fingerprint density at radius 3 is 2.49 bits per heavy atom. The lowest BCUT2D eigenvalue weighted by atomic mass is 9.85. The van der Waals surface area contributed by atoms with Gasteiger partial charge in [-0.15, -0.1) is 4.91 Å². The number of hydrogen-bond donors (Lipinski definition) is 1. The van der Waals surface area contributed by atoms with Gasteiger partial charge in [0.05, 0.1) is 30.6 Å². The molecule has 0 aliphatic carbocycles. The number of hydrogen-bond acceptors (Lipinski definition) is 8. The minimum Gasteiger partial charge on any atom is -0.493 e. The average molecular weight is 557 g/mol. The molecule has 2 aliphatic rings. The number of anilines is 1. The third-order valence-electron chi connectivity index (χ3n) is 7.89. The summed E-state index contributed by atoms with van der Waals surface area (Å²) in [5.74, 6) is 0.304. The maximum Gasteiger partial charge on any atom is 0.257 e. The van der Waals surface area contributed by atoms with Crippen LogP contribution in [0.25, 0.3) is 10.8 Å². The second-order valence-corrected chi connectivity index (χ2v) is 11.7. The highest BCUT2D eigenvalue weighted by Gasteiger charge is 2.33. The third kappa shape index (κ3) is 6.04. The number of morpholine rings is 1. The van der Waals surface area contributed by atoms with Gasteiger partial charge < -0.3 is 19.5 Å². The van der Waals surface area contributed by atoms with Crippen LogP contribution in [0.15, 0.2) is 53.7 Å². The molecule has 2 heterocycles. The minimum atomic E-state index is -1.33. The predicted molar refractivity (Wildman–Crippen MR) is 157 cm³/mol. The summed E-state index contributed by atoms with van der Waals surface area (Å²) in [5.41, 5.74) is 1.64. The lowest BCUT2D eigenvalue weighted by Gasteiger charge is -2.31. The zero-order valence-corrected chi connectivity index (χ0v) is 24.0. The van der Waals surface area contributed by atoms with Crippen molar-refractivity contribution in [2.45, 2.75) is 57.3 Å². The summed E-state index contributed by atoms with van der Waals surface area (Å²) < 4.78 is 17.6. The van der Waals surface area contributed by atoms with Crippen LogP contribution in [-0.4, -0.2) is 56.4 Å². The highest BCUT2D eigenvalue weighted by molar-refractivity contribution is 6.01. The van der Waals surface area contributed by atoms with Gasteiger partial charge in [0.2, 0.25) is 0 Å². The highest BCUT2D eigenvalue weighted by Crippen LogP contribution is 2.37. The van der Waals surface area contributed by atoms with Crippen molar-refractivity contribution in [2.24, 2.45) is 5.18 Å². The molecule has 214 valence electrons. The van der Waals surface area contributed by atoms with Crippen molar-refractivity contribution in [2.75, 3.05) is 38.7 Å². The first-order valence-electron chi connectivity index (χ1n) is 14.0. The van der Waals surface area contributed by atoms with Crippen molar-refractivity contribution in [3.05, 3.63) is 70.1 Å². The number of nitrogens with one attached hydrogen (secondary N) is 1. The molecule has 2 aliphatic heterocycles. The fourth-order valence-electron chi connectivity index (χ4n) is 5.73. The van der Waals surface area contributed by atoms with Crippen molar-refractivity contribution >= 4 is 22.4 Å². The van der Waals surface area contributed by atoms with Gasteiger partial charge in [-0.1, -0.05) is 56.3 Å². The van der Waals surface area contributed by atoms with Gasteiger partial charge >= 0.3 is 0 Å². The Hall–Kier alpha value is -4.00. The summed E-state index contributed by atoms with van der Waals surface area (Å²) in [6.07, 6.45) is 2.91. The molecule has 2 fully saturated rings. The molecule has 9 nitrogen and oxygen atoms in total. The fraction of sp³-hybridized carbons (Fsp3) is 0.438. The SMILES string of the molecule is COc1c(C#N)cc(C(C)(C)C)cc1NC(=O)C(N=O)c1ccc(OCCN2CC3CCC(C2)O3)c2ccccc12. The monoisotopic (exact) mass is 556 g/mol. The van der Waals surface area contributed by atoms with Gasteiger partial charge in [0, 0.05) is 25.0 Å². The largest absolute Gasteiger partial charge is 0.493 e. The van der Waals surface area contributed by atoms with E-state index in [1.165, 1.54) is 7.11 Å². The first-order chi connectivity index (χ1) is 19.7. The maximum atomic E-state index is 13.5. The molecule has 2 saturated heterocycles. The number of carbonyl (C=O) groups excluding carboxylic acids is 1. The van der Waals surface area contributed by atoms with Crippen molar-refractivity contribution in [3.63, 3.8) is 0 Å². The van der Waals surface area contributed by atoms with Crippen LogP contribution in [0.3, 0.4) is 0 Å². The van der Waals surface area contributed by atoms with Gasteiger partial charge in [-0.25, -0.2) is 0 Å². The first kappa shape index (κ1) is 28.5. The molecule has 9 heteroatoms. The molecule has 3 atom stereocenters. The number of rotatable bonds is 9. The normalized spacial score (nSPS) is 19.4. The van der Waals surface area contributed by atoms with Crippen LogP contribution in [0.4, 0.5) is 5.69 Å². The smallest absolute Gasteiger partial charge is 0.257 e. The molecule has 41 heavy (non-hydrogen) atoms. The van der Waals surface area contributed by atoms with Crippen LogP contribution in [0.5, 0.6) is 11.5 Å². The Labute approximate surface area is 240 Å². The molecular weight excluding hydrogens is 520 g/mol. The number of likely N-dealkylation sites (tertiary alicyclic amines) is 1. The zero-order chi connectivity index (χ0) is 29.1. The van der Waals surface area contributed by atoms with E-state index in [4.69, 9.17) is 14.2 Å². The van der Waals surface area contributed by atoms with Crippen molar-refractivity contribution in [3.8, 4) is 17.6 Å². The summed E-state index contributed by atoms with van der Waals surface area (Å²) >= 11 is 0. The highest BCUT2D eigenvalue weighted by atomic mass is 16.5. The van der Waals surface area contributed by atoms with Crippen LogP contribution in [-0.2, 0) is 14.9 Å². The van der Waals surface area contributed by atoms with Gasteiger partial charge in [-0.2, -0.15) is 5.26 Å². The van der Waals surface area contributed by atoms with Gasteiger partial charge in [-0.3, -0.25) is 9.69 Å². The van der Waals surface area contributed by atoms with E-state index < -0.39 is 11.9 Å². The standard InChI is InChI=1S/C32H36N4O5/c1-32(2,3)21-15-20(17-33)30(39-4)27(16-21)34-31(37)29(35-38)26-11-12-28(25-8-6-5-7-24(25)26)40-14-13-36-18-22-9-10-23(19-36)41-22/h5-8,11-12,15-16,22-23,29H,9-10,13-14,18-19H2,1-4H3,(H,34,37). The second kappa shape index (κ2) is 11.9. The van der Waals surface area contributed by atoms with E-state index in [0.29, 0.717) is 46.8 Å². The Kier molecular flexibility index (Phi) is 8.25. The van der Waals surface area contributed by atoms with Crippen molar-refractivity contribution in [1.29, 1.82) is 5.26 Å². The molecule has 2 bridgehead atoms. The lowest BCUT2D eigenvalue weighted by molar-refractivity contribution is -0.117. The van der Waals surface area contributed by atoms with Crippen LogP contribution in [0, 0.1) is 16.2 Å². The Bertz CT molecular complexity index is 1480. The summed E-state index contributed by atoms with van der Waals surface area (Å²) in [7, 11) is 1.44. The molecule has 3 aromatic rings. The molecule has 1 N–H and O–H groups in total. The van der Waals surface area contributed by atoms with Crippen LogP contribution >= 0.6 is 0 Å². The molecular formula is C32H36N4O5. The van der Waals surface area contributed by atoms with Crippen LogP contribution in [0.2, 0.25) is 0 Å². The van der Waals surface area contributed by atoms with Gasteiger partial charge in [0.15, 0.2) is 11.8 Å². The molecule has 0 radical (unpaired) electrons. The van der Waals surface area contributed by atoms with Crippen LogP contribution < -0.4 is 14.8 Å². The topological polar surface area (TPSA) is 113 Å². The minimum absolute atomic E-state index is 0.236. The quantitative estimate of drug-likeness (QED) is 0.336. The second-order valence-electron chi connectivity index (χ2n) is 11.7. The van der Waals surface area contributed by atoms with E-state index in [0.717, 1.165) is 43.4 Å². The van der Waals surface area contributed by atoms with Crippen molar-refractivity contribution < 1.29 is 19.0 Å². The number of ether oxygens (including phenoxy) is 3. The Morgan fingerprint density at radius 2 is 1.85 bits per heavy atom. The first-order valence-corrected chi connectivity index (χ1v) is 14.0. The van der Waals surface area contributed by atoms with Crippen molar-refractivity contribution in [1.82, 2.24) is 4.90 Å². The fourth-order valence-corrected chi connectivity index (χ4v) is 5.73. The van der Waals surface area contributed by atoms with Gasteiger partial charge in [-0.05, 0) is 53.0 Å². The number of carbonyl (C=O) groups is 1. The Morgan fingerprint density at radius 1 is 1.15 bits per heavy atom. The van der Waals surface area contributed by atoms with E-state index in [2.05, 4.69) is 21.5 Å². The van der Waals surface area contributed by atoms with E-state index in [1.807, 2.05) is 45.0 Å². The number of nitriles is 1. The summed E-state index contributed by atoms with van der Waals surface area (Å²) in [4.78, 5) is 28.0. The maximum absolute atomic E-state index is 13.5. The molecule has 0 aromatic heterocycles. The molecule has 3 unspecified atom stereocenters. The van der Waals surface area contributed by atoms with E-state index in [9.17, 15) is 15.0 Å². The zero-order valence-electron chi connectivity index (χ0n) is 24.0. The number of benzene rings is 3. The third-order valence-corrected chi connectivity index (χ3v) is 7.89. The van der Waals surface area contributed by atoms with Crippen LogP contribution in [0.1, 0.15) is 56.3 Å². The number of fused-ring (bicyclic) bond motifs is 3. The molecule has 3 aromatic carbocycles. The molecule has 0 saturated carbocycles. The lowest BCUT2D eigenvalue weighted by Crippen LogP contribution is -2.44. The molecule has 5 rings (SSSR count). The summed E-state index contributed by atoms with van der Waals surface area (Å²) in [5, 5.41) is 17.2. The molecule has 1 amide bonds. The predicted octanol–water partition coefficient (Wildman–Crippen LogP) is 5.71. The van der Waals surface area contributed by atoms with Gasteiger partial charge in [0.1, 0.15) is 18.4 Å². The average Bonchev–Trinajstić information content (AvgIpc) is 3.30. The summed E-state index contributed by atoms with van der Waals surface area (Å²) in [6, 6.07) is 15.4. The van der Waals surface area contributed by atoms with E-state index >= 15 is 0 Å². The number of nitroso groups, excluding NO2 is 1. The van der Waals surface area contributed by atoms with E-state index in [-0.39, 0.29) is 11.2 Å².